The number of aliphatic hydroxyl groups excluding tert-OH is 1. The number of aromatic nitrogens is 2. The predicted octanol–water partition coefficient (Wildman–Crippen LogP) is 3.24. The molecule has 4 rings (SSSR count). The molecular formula is C18H21Cl2N3O4. The Morgan fingerprint density at radius 3 is 2.52 bits per heavy atom. The van der Waals surface area contributed by atoms with Crippen molar-refractivity contribution in [2.24, 2.45) is 0 Å². The van der Waals surface area contributed by atoms with Gasteiger partial charge in [-0.05, 0) is 25.0 Å². The number of rotatable bonds is 2. The second-order valence-electron chi connectivity index (χ2n) is 6.11. The summed E-state index contributed by atoms with van der Waals surface area (Å²) in [5.41, 5.74) is 7.62. The van der Waals surface area contributed by atoms with Gasteiger partial charge in [0.1, 0.15) is 0 Å². The van der Waals surface area contributed by atoms with Crippen LogP contribution in [0.2, 0.25) is 10.0 Å². The van der Waals surface area contributed by atoms with E-state index in [0.29, 0.717) is 41.1 Å². The minimum absolute atomic E-state index is 0.138. The molecule has 0 spiro atoms. The third kappa shape index (κ3) is 5.51. The lowest BCUT2D eigenvalue weighted by Gasteiger charge is -2.15. The van der Waals surface area contributed by atoms with Gasteiger partial charge in [-0.25, -0.2) is 9.97 Å². The number of anilines is 1. The van der Waals surface area contributed by atoms with Gasteiger partial charge in [-0.3, -0.25) is 0 Å². The van der Waals surface area contributed by atoms with Crippen LogP contribution in [0.4, 0.5) is 5.95 Å². The highest BCUT2D eigenvalue weighted by Gasteiger charge is 2.20. The quantitative estimate of drug-likeness (QED) is 0.778. The van der Waals surface area contributed by atoms with Crippen LogP contribution in [0.15, 0.2) is 24.4 Å². The van der Waals surface area contributed by atoms with Gasteiger partial charge in [0.15, 0.2) is 6.29 Å². The highest BCUT2D eigenvalue weighted by atomic mass is 35.5. The lowest BCUT2D eigenvalue weighted by atomic mass is 10.1. The molecule has 2 aliphatic heterocycles. The zero-order chi connectivity index (χ0) is 19.2. The minimum Gasteiger partial charge on any atom is -0.391 e. The summed E-state index contributed by atoms with van der Waals surface area (Å²) in [4.78, 5) is 7.98. The number of ether oxygens (including phenoxy) is 3. The van der Waals surface area contributed by atoms with Crippen molar-refractivity contribution in [2.45, 2.75) is 25.2 Å². The molecule has 7 nitrogen and oxygen atoms in total. The summed E-state index contributed by atoms with van der Waals surface area (Å²) in [6, 6.07) is 5.44. The summed E-state index contributed by atoms with van der Waals surface area (Å²) in [5, 5.41) is 9.69. The second kappa shape index (κ2) is 9.64. The summed E-state index contributed by atoms with van der Waals surface area (Å²) in [5.74, 6) is 0.138. The van der Waals surface area contributed by atoms with Crippen molar-refractivity contribution >= 4 is 29.2 Å². The van der Waals surface area contributed by atoms with Crippen molar-refractivity contribution in [3.05, 3.63) is 40.0 Å². The molecule has 2 aliphatic rings. The molecule has 3 heterocycles. The maximum atomic E-state index is 8.78. The van der Waals surface area contributed by atoms with Crippen molar-refractivity contribution in [2.75, 3.05) is 32.2 Å². The Bertz CT molecular complexity index is 766. The molecule has 146 valence electrons. The third-order valence-electron chi connectivity index (χ3n) is 4.04. The van der Waals surface area contributed by atoms with E-state index in [4.69, 9.17) is 48.3 Å². The predicted molar refractivity (Wildman–Crippen MR) is 103 cm³/mol. The summed E-state index contributed by atoms with van der Waals surface area (Å²) in [6.07, 6.45) is 2.81. The molecule has 0 saturated carbocycles. The van der Waals surface area contributed by atoms with Gasteiger partial charge in [0.2, 0.25) is 5.95 Å². The molecule has 1 aromatic carbocycles. The summed E-state index contributed by atoms with van der Waals surface area (Å²) in [6.45, 7) is 2.52. The van der Waals surface area contributed by atoms with Crippen LogP contribution in [-0.2, 0) is 14.2 Å². The lowest BCUT2D eigenvalue weighted by molar-refractivity contribution is -0.0440. The maximum Gasteiger partial charge on any atom is 0.220 e. The molecular weight excluding hydrogens is 393 g/mol. The molecule has 1 unspecified atom stereocenters. The van der Waals surface area contributed by atoms with Crippen LogP contribution in [0.25, 0.3) is 11.3 Å². The largest absolute Gasteiger partial charge is 0.391 e. The number of halogens is 2. The van der Waals surface area contributed by atoms with Gasteiger partial charge in [-0.15, -0.1) is 0 Å². The van der Waals surface area contributed by atoms with Crippen molar-refractivity contribution < 1.29 is 19.3 Å². The first-order valence-corrected chi connectivity index (χ1v) is 9.37. The first-order valence-electron chi connectivity index (χ1n) is 8.61. The average molecular weight is 414 g/mol. The van der Waals surface area contributed by atoms with Crippen LogP contribution >= 0.6 is 23.2 Å². The van der Waals surface area contributed by atoms with E-state index in [-0.39, 0.29) is 18.3 Å². The Balaban J connectivity index is 0.000000253. The van der Waals surface area contributed by atoms with Gasteiger partial charge in [-0.2, -0.15) is 0 Å². The first kappa shape index (κ1) is 20.3. The fourth-order valence-corrected chi connectivity index (χ4v) is 3.12. The van der Waals surface area contributed by atoms with Crippen molar-refractivity contribution in [3.63, 3.8) is 0 Å². The van der Waals surface area contributed by atoms with Crippen LogP contribution in [-0.4, -0.2) is 47.6 Å². The molecule has 3 N–H and O–H groups in total. The summed E-state index contributed by atoms with van der Waals surface area (Å²) in [7, 11) is 0. The Kier molecular flexibility index (Phi) is 7.23. The van der Waals surface area contributed by atoms with Gasteiger partial charge in [0, 0.05) is 17.7 Å². The molecule has 9 heteroatoms. The molecule has 1 atom stereocenters. The van der Waals surface area contributed by atoms with E-state index in [2.05, 4.69) is 9.97 Å². The molecule has 1 aromatic heterocycles. The fourth-order valence-electron chi connectivity index (χ4n) is 2.72. The molecule has 0 amide bonds. The Morgan fingerprint density at radius 1 is 1.11 bits per heavy atom. The zero-order valence-electron chi connectivity index (χ0n) is 14.6. The fraction of sp³-hybridized carbons (Fsp3) is 0.444. The molecule has 0 radical (unpaired) electrons. The van der Waals surface area contributed by atoms with E-state index in [9.17, 15) is 0 Å². The van der Waals surface area contributed by atoms with Crippen LogP contribution in [0.1, 0.15) is 24.7 Å². The molecule has 2 aromatic rings. The maximum absolute atomic E-state index is 8.78. The Morgan fingerprint density at radius 2 is 1.89 bits per heavy atom. The number of nitrogens with zero attached hydrogens (tertiary/aromatic N) is 2. The molecule has 2 saturated heterocycles. The van der Waals surface area contributed by atoms with E-state index in [1.54, 1.807) is 6.07 Å². The van der Waals surface area contributed by atoms with E-state index < -0.39 is 0 Å². The summed E-state index contributed by atoms with van der Waals surface area (Å²) >= 11 is 12.3. The Labute approximate surface area is 167 Å². The van der Waals surface area contributed by atoms with Crippen LogP contribution < -0.4 is 5.73 Å². The van der Waals surface area contributed by atoms with Crippen LogP contribution in [0, 0.1) is 0 Å². The van der Waals surface area contributed by atoms with Crippen LogP contribution in [0.3, 0.4) is 0 Å². The topological polar surface area (TPSA) is 99.7 Å². The smallest absolute Gasteiger partial charge is 0.220 e. The lowest BCUT2D eigenvalue weighted by Crippen LogP contribution is -2.21. The number of nitrogen functional groups attached to an aromatic ring is 1. The van der Waals surface area contributed by atoms with Gasteiger partial charge in [0.25, 0.3) is 0 Å². The monoisotopic (exact) mass is 413 g/mol. The van der Waals surface area contributed by atoms with E-state index in [1.165, 1.54) is 6.20 Å². The zero-order valence-corrected chi connectivity index (χ0v) is 16.1. The first-order chi connectivity index (χ1) is 13.0. The van der Waals surface area contributed by atoms with Crippen molar-refractivity contribution in [1.29, 1.82) is 0 Å². The number of benzene rings is 1. The van der Waals surface area contributed by atoms with Gasteiger partial charge < -0.3 is 25.1 Å². The molecule has 2 fully saturated rings. The molecule has 0 bridgehead atoms. The Hall–Kier alpha value is -1.48. The van der Waals surface area contributed by atoms with Gasteiger partial charge >= 0.3 is 0 Å². The number of nitrogens with two attached hydrogens (primary N) is 1. The normalized spacial score (nSPS) is 20.2. The van der Waals surface area contributed by atoms with Crippen molar-refractivity contribution in [3.8, 4) is 11.3 Å². The highest BCUT2D eigenvalue weighted by molar-refractivity contribution is 6.36. The minimum atomic E-state index is -0.385. The molecule has 0 aliphatic carbocycles. The molecule has 27 heavy (non-hydrogen) atoms. The number of aliphatic hydroxyl groups is 1. The van der Waals surface area contributed by atoms with Gasteiger partial charge in [-0.1, -0.05) is 29.3 Å². The second-order valence-corrected chi connectivity index (χ2v) is 6.92. The van der Waals surface area contributed by atoms with Crippen molar-refractivity contribution in [1.82, 2.24) is 9.97 Å². The van der Waals surface area contributed by atoms with Gasteiger partial charge in [0.05, 0.1) is 47.9 Å². The SMILES string of the molecule is Nc1ncc(Cl)c(-c2cc(C3OCCO3)ccc2Cl)n1.OC1CCCOC1. The number of hydrogen-bond donors (Lipinski definition) is 2. The third-order valence-corrected chi connectivity index (χ3v) is 4.64. The summed E-state index contributed by atoms with van der Waals surface area (Å²) < 4.78 is 15.9. The highest BCUT2D eigenvalue weighted by Crippen LogP contribution is 2.35. The van der Waals surface area contributed by atoms with E-state index in [0.717, 1.165) is 25.0 Å². The van der Waals surface area contributed by atoms with E-state index >= 15 is 0 Å². The average Bonchev–Trinajstić information content (AvgIpc) is 3.20. The standard InChI is InChI=1S/C13H11Cl2N3O2.C5H10O2/c14-9-2-1-7(12-19-3-4-20-12)5-8(9)11-10(15)6-17-13(16)18-11;6-5-2-1-3-7-4-5/h1-2,5-6,12H,3-4H2,(H2,16,17,18);5-6H,1-4H2. The number of hydrogen-bond acceptors (Lipinski definition) is 7. The van der Waals surface area contributed by atoms with E-state index in [1.807, 2.05) is 12.1 Å². The van der Waals surface area contributed by atoms with Crippen LogP contribution in [0.5, 0.6) is 0 Å².